The van der Waals surface area contributed by atoms with Crippen LogP contribution in [0.15, 0.2) is 48.5 Å². The van der Waals surface area contributed by atoms with Gasteiger partial charge in [-0.2, -0.15) is 0 Å². The zero-order chi connectivity index (χ0) is 24.2. The number of nitrogens with one attached hydrogen (secondary N) is 1. The summed E-state index contributed by atoms with van der Waals surface area (Å²) >= 11 is 0. The fourth-order valence-electron chi connectivity index (χ4n) is 6.64. The lowest BCUT2D eigenvalue weighted by atomic mass is 9.80. The van der Waals surface area contributed by atoms with Crippen LogP contribution in [0, 0.1) is 18.8 Å². The third-order valence-electron chi connectivity index (χ3n) is 8.52. The number of anilines is 1. The third kappa shape index (κ3) is 5.33. The van der Waals surface area contributed by atoms with E-state index < -0.39 is 0 Å². The van der Waals surface area contributed by atoms with Crippen molar-refractivity contribution in [1.82, 2.24) is 9.47 Å². The summed E-state index contributed by atoms with van der Waals surface area (Å²) in [4.78, 5) is 16.2. The van der Waals surface area contributed by atoms with Gasteiger partial charge in [-0.15, -0.1) is 0 Å². The molecule has 5 rings (SSSR count). The number of carbonyl (C=O) groups is 1. The first-order valence-corrected chi connectivity index (χ1v) is 13.8. The molecule has 2 heterocycles. The summed E-state index contributed by atoms with van der Waals surface area (Å²) < 4.78 is 1.93. The van der Waals surface area contributed by atoms with E-state index in [0.717, 1.165) is 47.3 Å². The molecule has 1 unspecified atom stereocenters. The Hall–Kier alpha value is -2.59. The normalized spacial score (nSPS) is 19.8. The minimum Gasteiger partial charge on any atom is -0.388 e. The van der Waals surface area contributed by atoms with Crippen LogP contribution in [0.2, 0.25) is 0 Å². The molecule has 0 radical (unpaired) electrons. The molecule has 2 aliphatic rings. The van der Waals surface area contributed by atoms with E-state index in [1.54, 1.807) is 0 Å². The van der Waals surface area contributed by atoms with Gasteiger partial charge in [0.15, 0.2) is 0 Å². The smallest absolute Gasteiger partial charge is 0.262 e. The van der Waals surface area contributed by atoms with Crippen LogP contribution in [0.25, 0.3) is 10.9 Å². The average Bonchev–Trinajstić information content (AvgIpc) is 3.18. The average molecular weight is 472 g/mol. The minimum absolute atomic E-state index is 0.0575. The van der Waals surface area contributed by atoms with Gasteiger partial charge in [-0.1, -0.05) is 50.3 Å². The molecule has 0 bridgehead atoms. The van der Waals surface area contributed by atoms with Crippen LogP contribution >= 0.6 is 0 Å². The Balaban J connectivity index is 1.35. The molecule has 1 aromatic heterocycles. The number of benzene rings is 2. The Bertz CT molecular complexity index is 1140. The lowest BCUT2D eigenvalue weighted by molar-refractivity contribution is 0.0963. The van der Waals surface area contributed by atoms with Crippen molar-refractivity contribution in [2.24, 2.45) is 11.8 Å². The molecule has 0 amide bonds. The van der Waals surface area contributed by atoms with Crippen molar-refractivity contribution >= 4 is 22.5 Å². The number of aromatic nitrogens is 1. The minimum atomic E-state index is 0.0575. The third-order valence-corrected chi connectivity index (χ3v) is 8.52. The molecule has 186 valence electrons. The molecule has 2 aromatic carbocycles. The molecule has 1 N–H and O–H groups in total. The van der Waals surface area contributed by atoms with E-state index in [0.29, 0.717) is 0 Å². The molecule has 1 atom stereocenters. The number of carbonyl (C=O) groups excluding carboxylic acids is 1. The number of nitrogens with zero attached hydrogens (tertiary/aromatic N) is 2. The van der Waals surface area contributed by atoms with Gasteiger partial charge in [0, 0.05) is 42.5 Å². The molecule has 4 heteroatoms. The van der Waals surface area contributed by atoms with Gasteiger partial charge in [0.05, 0.1) is 5.52 Å². The Morgan fingerprint density at radius 1 is 0.971 bits per heavy atom. The van der Waals surface area contributed by atoms with E-state index in [1.807, 2.05) is 41.9 Å². The number of piperidine rings is 1. The van der Waals surface area contributed by atoms with Gasteiger partial charge in [0.2, 0.25) is 0 Å². The first-order chi connectivity index (χ1) is 17.1. The highest BCUT2D eigenvalue weighted by atomic mass is 16.2. The molecular weight excluding hydrogens is 430 g/mol. The van der Waals surface area contributed by atoms with Gasteiger partial charge in [-0.05, 0) is 86.9 Å². The van der Waals surface area contributed by atoms with Gasteiger partial charge < -0.3 is 10.2 Å². The van der Waals surface area contributed by atoms with Gasteiger partial charge in [0.1, 0.15) is 0 Å². The van der Waals surface area contributed by atoms with Gasteiger partial charge in [-0.25, -0.2) is 0 Å². The summed E-state index contributed by atoms with van der Waals surface area (Å²) in [7, 11) is 1.96. The SMILES string of the molecule is CNc1ccc2c(c1)c(CCN1CCCC(CC3CCCCC3)C1)c(C)n2C(=O)c1ccccc1. The summed E-state index contributed by atoms with van der Waals surface area (Å²) in [6.07, 6.45) is 12.4. The maximum atomic E-state index is 13.5. The van der Waals surface area contributed by atoms with Crippen molar-refractivity contribution in [3.63, 3.8) is 0 Å². The first-order valence-electron chi connectivity index (χ1n) is 13.8. The monoisotopic (exact) mass is 471 g/mol. The molecular formula is C31H41N3O. The Morgan fingerprint density at radius 2 is 1.74 bits per heavy atom. The summed E-state index contributed by atoms with van der Waals surface area (Å²) in [6, 6.07) is 16.0. The Morgan fingerprint density at radius 3 is 2.51 bits per heavy atom. The second-order valence-corrected chi connectivity index (χ2v) is 10.9. The highest BCUT2D eigenvalue weighted by molar-refractivity contribution is 6.04. The largest absolute Gasteiger partial charge is 0.388 e. The second kappa shape index (κ2) is 11.0. The summed E-state index contributed by atoms with van der Waals surface area (Å²) in [5, 5.41) is 4.48. The van der Waals surface area contributed by atoms with Crippen LogP contribution in [-0.2, 0) is 6.42 Å². The lowest BCUT2D eigenvalue weighted by Crippen LogP contribution is -2.37. The Kier molecular flexibility index (Phi) is 7.57. The maximum absolute atomic E-state index is 13.5. The van der Waals surface area contributed by atoms with Gasteiger partial charge >= 0.3 is 0 Å². The molecule has 1 saturated heterocycles. The molecule has 1 aliphatic carbocycles. The zero-order valence-electron chi connectivity index (χ0n) is 21.6. The van der Waals surface area contributed by atoms with Gasteiger partial charge in [0.25, 0.3) is 5.91 Å². The standard InChI is InChI=1S/C31H41N3O/c1-23-28(17-19-33-18-9-12-25(22-33)20-24-10-5-3-6-11-24)29-21-27(32-2)15-16-30(29)34(23)31(35)26-13-7-4-8-14-26/h4,7-8,13-16,21,24-25,32H,3,5-6,9-12,17-20,22H2,1-2H3. The molecule has 0 spiro atoms. The van der Waals surface area contributed by atoms with Crippen LogP contribution in [0.4, 0.5) is 5.69 Å². The van der Waals surface area contributed by atoms with Crippen molar-refractivity contribution < 1.29 is 4.79 Å². The highest BCUT2D eigenvalue weighted by Crippen LogP contribution is 2.33. The van der Waals surface area contributed by atoms with Crippen molar-refractivity contribution in [1.29, 1.82) is 0 Å². The maximum Gasteiger partial charge on any atom is 0.262 e. The second-order valence-electron chi connectivity index (χ2n) is 10.9. The summed E-state index contributed by atoms with van der Waals surface area (Å²) in [5.74, 6) is 1.89. The molecule has 1 aliphatic heterocycles. The van der Waals surface area contributed by atoms with Crippen LogP contribution in [-0.4, -0.2) is 42.1 Å². The number of likely N-dealkylation sites (tertiary alicyclic amines) is 1. The van der Waals surface area contributed by atoms with Crippen molar-refractivity contribution in [3.05, 3.63) is 65.4 Å². The van der Waals surface area contributed by atoms with E-state index in [-0.39, 0.29) is 5.91 Å². The fourth-order valence-corrected chi connectivity index (χ4v) is 6.64. The Labute approximate surface area is 210 Å². The van der Waals surface area contributed by atoms with Gasteiger partial charge in [-0.3, -0.25) is 9.36 Å². The van der Waals surface area contributed by atoms with E-state index in [9.17, 15) is 4.79 Å². The molecule has 4 nitrogen and oxygen atoms in total. The predicted molar refractivity (Wildman–Crippen MR) is 146 cm³/mol. The van der Waals surface area contributed by atoms with Crippen LogP contribution in [0.1, 0.15) is 73.0 Å². The number of hydrogen-bond donors (Lipinski definition) is 1. The predicted octanol–water partition coefficient (Wildman–Crippen LogP) is 6.90. The number of fused-ring (bicyclic) bond motifs is 1. The van der Waals surface area contributed by atoms with E-state index in [1.165, 1.54) is 75.4 Å². The lowest BCUT2D eigenvalue weighted by Gasteiger charge is -2.35. The van der Waals surface area contributed by atoms with Crippen LogP contribution in [0.3, 0.4) is 0 Å². The number of rotatable bonds is 7. The first kappa shape index (κ1) is 24.1. The van der Waals surface area contributed by atoms with Crippen LogP contribution in [0.5, 0.6) is 0 Å². The highest BCUT2D eigenvalue weighted by Gasteiger charge is 2.25. The van der Waals surface area contributed by atoms with Crippen molar-refractivity contribution in [2.75, 3.05) is 32.0 Å². The van der Waals surface area contributed by atoms with E-state index >= 15 is 0 Å². The molecule has 1 saturated carbocycles. The summed E-state index contributed by atoms with van der Waals surface area (Å²) in [6.45, 7) is 5.66. The van der Waals surface area contributed by atoms with Crippen molar-refractivity contribution in [2.45, 2.75) is 64.7 Å². The molecule has 35 heavy (non-hydrogen) atoms. The fraction of sp³-hybridized carbons (Fsp3) is 0.516. The quantitative estimate of drug-likeness (QED) is 0.407. The van der Waals surface area contributed by atoms with Crippen LogP contribution < -0.4 is 5.32 Å². The molecule has 2 fully saturated rings. The molecule has 3 aromatic rings. The van der Waals surface area contributed by atoms with E-state index in [4.69, 9.17) is 0 Å². The zero-order valence-corrected chi connectivity index (χ0v) is 21.6. The number of hydrogen-bond acceptors (Lipinski definition) is 3. The van der Waals surface area contributed by atoms with Crippen molar-refractivity contribution in [3.8, 4) is 0 Å². The summed E-state index contributed by atoms with van der Waals surface area (Å²) in [5.41, 5.74) is 5.24. The topological polar surface area (TPSA) is 37.3 Å². The van der Waals surface area contributed by atoms with E-state index in [2.05, 4.69) is 35.3 Å².